The van der Waals surface area contributed by atoms with Crippen molar-refractivity contribution in [3.05, 3.63) is 0 Å². The molecule has 1 heteroatoms. The third-order valence-corrected chi connectivity index (χ3v) is 3.97. The topological polar surface area (TPSA) is 17.1 Å². The molecular formula is C17H34O. The van der Waals surface area contributed by atoms with E-state index in [9.17, 15) is 4.79 Å². The van der Waals surface area contributed by atoms with Crippen molar-refractivity contribution >= 4 is 5.78 Å². The first kappa shape index (κ1) is 17.7. The molecule has 0 saturated heterocycles. The molecule has 0 N–H and O–H groups in total. The van der Waals surface area contributed by atoms with Crippen molar-refractivity contribution in [3.63, 3.8) is 0 Å². The second kappa shape index (κ2) is 10.6. The Balaban J connectivity index is 0.00000137. The van der Waals surface area contributed by atoms with Crippen LogP contribution in [0.2, 0.25) is 0 Å². The van der Waals surface area contributed by atoms with Crippen LogP contribution >= 0.6 is 0 Å². The number of Topliss-reactive ketones (excluding diaryl/α,β-unsaturated/α-hetero) is 1. The monoisotopic (exact) mass is 254 g/mol. The van der Waals surface area contributed by atoms with Gasteiger partial charge < -0.3 is 0 Å². The van der Waals surface area contributed by atoms with Gasteiger partial charge in [-0.3, -0.25) is 4.79 Å². The number of hydrogen-bond acceptors (Lipinski definition) is 1. The highest BCUT2D eigenvalue weighted by Gasteiger charge is 2.18. The zero-order valence-electron chi connectivity index (χ0n) is 13.3. The Morgan fingerprint density at radius 1 is 1.00 bits per heavy atom. The summed E-state index contributed by atoms with van der Waals surface area (Å²) in [4.78, 5) is 11.1. The predicted octanol–water partition coefficient (Wildman–Crippen LogP) is 5.62. The zero-order valence-corrected chi connectivity index (χ0v) is 13.3. The maximum Gasteiger partial charge on any atom is 0.132 e. The lowest BCUT2D eigenvalue weighted by molar-refractivity contribution is -0.121. The van der Waals surface area contributed by atoms with E-state index in [4.69, 9.17) is 0 Å². The highest BCUT2D eigenvalue weighted by molar-refractivity contribution is 5.78. The van der Waals surface area contributed by atoms with E-state index in [1.807, 2.05) is 13.8 Å². The minimum Gasteiger partial charge on any atom is -0.300 e. The average Bonchev–Trinajstić information content (AvgIpc) is 2.38. The van der Waals surface area contributed by atoms with E-state index in [2.05, 4.69) is 20.8 Å². The second-order valence-electron chi connectivity index (χ2n) is 6.14. The van der Waals surface area contributed by atoms with Crippen LogP contribution in [0.5, 0.6) is 0 Å². The van der Waals surface area contributed by atoms with Crippen LogP contribution in [0.3, 0.4) is 0 Å². The van der Waals surface area contributed by atoms with Gasteiger partial charge in [0.05, 0.1) is 0 Å². The summed E-state index contributed by atoms with van der Waals surface area (Å²) in [5.74, 6) is 3.05. The van der Waals surface area contributed by atoms with Crippen molar-refractivity contribution in [2.45, 2.75) is 86.0 Å². The van der Waals surface area contributed by atoms with Crippen molar-refractivity contribution in [2.24, 2.45) is 17.8 Å². The molecule has 0 aliphatic heterocycles. The Bertz CT molecular complexity index is 198. The van der Waals surface area contributed by atoms with Crippen LogP contribution in [-0.2, 0) is 4.79 Å². The van der Waals surface area contributed by atoms with Crippen LogP contribution in [0.25, 0.3) is 0 Å². The molecule has 1 aliphatic rings. The SMILES string of the molecule is CC.CC(C)CCC(C)CCC1CCC(=O)CC1. The molecule has 0 radical (unpaired) electrons. The van der Waals surface area contributed by atoms with Crippen molar-refractivity contribution in [1.29, 1.82) is 0 Å². The fourth-order valence-electron chi connectivity index (χ4n) is 2.57. The quantitative estimate of drug-likeness (QED) is 0.601. The molecule has 0 amide bonds. The number of carbonyl (C=O) groups is 1. The Kier molecular flexibility index (Phi) is 10.4. The lowest BCUT2D eigenvalue weighted by Gasteiger charge is -2.22. The summed E-state index contributed by atoms with van der Waals surface area (Å²) in [6.07, 6.45) is 9.49. The normalized spacial score (nSPS) is 18.4. The van der Waals surface area contributed by atoms with Crippen molar-refractivity contribution in [2.75, 3.05) is 0 Å². The fraction of sp³-hybridized carbons (Fsp3) is 0.941. The molecule has 1 unspecified atom stereocenters. The summed E-state index contributed by atoms with van der Waals surface area (Å²) >= 11 is 0. The number of rotatable bonds is 6. The van der Waals surface area contributed by atoms with Gasteiger partial charge >= 0.3 is 0 Å². The van der Waals surface area contributed by atoms with Crippen LogP contribution in [-0.4, -0.2) is 5.78 Å². The lowest BCUT2D eigenvalue weighted by atomic mass is 9.83. The van der Waals surface area contributed by atoms with Crippen LogP contribution in [0.1, 0.15) is 86.0 Å². The van der Waals surface area contributed by atoms with Gasteiger partial charge in [0.1, 0.15) is 5.78 Å². The van der Waals surface area contributed by atoms with Crippen LogP contribution in [0.15, 0.2) is 0 Å². The van der Waals surface area contributed by atoms with Crippen molar-refractivity contribution in [1.82, 2.24) is 0 Å². The highest BCUT2D eigenvalue weighted by atomic mass is 16.1. The van der Waals surface area contributed by atoms with Gasteiger partial charge in [0, 0.05) is 12.8 Å². The molecule has 1 rings (SSSR count). The van der Waals surface area contributed by atoms with E-state index in [-0.39, 0.29) is 0 Å². The molecule has 1 aliphatic carbocycles. The predicted molar refractivity (Wildman–Crippen MR) is 80.8 cm³/mol. The standard InChI is InChI=1S/C15H28O.C2H6/c1-12(2)4-5-13(3)6-7-14-8-10-15(16)11-9-14;1-2/h12-14H,4-11H2,1-3H3;1-2H3. The van der Waals surface area contributed by atoms with Gasteiger partial charge in [0.15, 0.2) is 0 Å². The van der Waals surface area contributed by atoms with E-state index in [1.54, 1.807) is 0 Å². The minimum atomic E-state index is 0.490. The molecule has 0 aromatic carbocycles. The Morgan fingerprint density at radius 3 is 2.06 bits per heavy atom. The molecule has 1 nitrogen and oxygen atoms in total. The Morgan fingerprint density at radius 2 is 1.56 bits per heavy atom. The average molecular weight is 254 g/mol. The maximum absolute atomic E-state index is 11.1. The summed E-state index contributed by atoms with van der Waals surface area (Å²) in [5.41, 5.74) is 0. The van der Waals surface area contributed by atoms with E-state index < -0.39 is 0 Å². The zero-order chi connectivity index (χ0) is 14.0. The van der Waals surface area contributed by atoms with Crippen molar-refractivity contribution in [3.8, 4) is 0 Å². The van der Waals surface area contributed by atoms with E-state index >= 15 is 0 Å². The number of carbonyl (C=O) groups excluding carboxylic acids is 1. The summed E-state index contributed by atoms with van der Waals surface area (Å²) < 4.78 is 0. The second-order valence-corrected chi connectivity index (χ2v) is 6.14. The summed E-state index contributed by atoms with van der Waals surface area (Å²) in [5, 5.41) is 0. The van der Waals surface area contributed by atoms with Gasteiger partial charge in [-0.2, -0.15) is 0 Å². The Hall–Kier alpha value is -0.330. The van der Waals surface area contributed by atoms with Gasteiger partial charge in [0.25, 0.3) is 0 Å². The van der Waals surface area contributed by atoms with Crippen LogP contribution in [0.4, 0.5) is 0 Å². The highest BCUT2D eigenvalue weighted by Crippen LogP contribution is 2.28. The van der Waals surface area contributed by atoms with Crippen molar-refractivity contribution < 1.29 is 4.79 Å². The van der Waals surface area contributed by atoms with E-state index in [1.165, 1.54) is 25.7 Å². The molecule has 0 aromatic heterocycles. The molecule has 108 valence electrons. The van der Waals surface area contributed by atoms with Crippen LogP contribution < -0.4 is 0 Å². The van der Waals surface area contributed by atoms with Gasteiger partial charge in [-0.1, -0.05) is 60.3 Å². The molecular weight excluding hydrogens is 220 g/mol. The third-order valence-electron chi connectivity index (χ3n) is 3.97. The molecule has 0 heterocycles. The molecule has 18 heavy (non-hydrogen) atoms. The van der Waals surface area contributed by atoms with E-state index in [0.29, 0.717) is 5.78 Å². The number of hydrogen-bond donors (Lipinski definition) is 0. The first-order valence-electron chi connectivity index (χ1n) is 8.09. The minimum absolute atomic E-state index is 0.490. The molecule has 0 spiro atoms. The van der Waals surface area contributed by atoms with Gasteiger partial charge in [-0.05, 0) is 30.6 Å². The molecule has 0 bridgehead atoms. The smallest absolute Gasteiger partial charge is 0.132 e. The molecule has 1 atom stereocenters. The first-order valence-corrected chi connectivity index (χ1v) is 8.09. The van der Waals surface area contributed by atoms with Gasteiger partial charge in [0.2, 0.25) is 0 Å². The van der Waals surface area contributed by atoms with Crippen LogP contribution in [0, 0.1) is 17.8 Å². The summed E-state index contributed by atoms with van der Waals surface area (Å²) in [6, 6.07) is 0. The largest absolute Gasteiger partial charge is 0.300 e. The van der Waals surface area contributed by atoms with Gasteiger partial charge in [-0.25, -0.2) is 0 Å². The van der Waals surface area contributed by atoms with E-state index in [0.717, 1.165) is 43.4 Å². The Labute approximate surface area is 115 Å². The molecule has 1 fully saturated rings. The number of ketones is 1. The lowest BCUT2D eigenvalue weighted by Crippen LogP contribution is -2.14. The summed E-state index contributed by atoms with van der Waals surface area (Å²) in [7, 11) is 0. The third kappa shape index (κ3) is 8.72. The van der Waals surface area contributed by atoms with Gasteiger partial charge in [-0.15, -0.1) is 0 Å². The maximum atomic E-state index is 11.1. The molecule has 0 aromatic rings. The molecule has 1 saturated carbocycles. The first-order chi connectivity index (χ1) is 8.58. The fourth-order valence-corrected chi connectivity index (χ4v) is 2.57. The summed E-state index contributed by atoms with van der Waals surface area (Å²) in [6.45, 7) is 11.0.